The molecule has 1 fully saturated rings. The lowest BCUT2D eigenvalue weighted by molar-refractivity contribution is 0.00888. The van der Waals surface area contributed by atoms with E-state index in [-0.39, 0.29) is 6.09 Å². The van der Waals surface area contributed by atoms with Gasteiger partial charge < -0.3 is 15.0 Å². The minimum Gasteiger partial charge on any atom is -0.444 e. The first-order valence-electron chi connectivity index (χ1n) is 10.4. The second-order valence-electron chi connectivity index (χ2n) is 8.65. The van der Waals surface area contributed by atoms with Crippen LogP contribution in [0.2, 0.25) is 0 Å². The Bertz CT molecular complexity index is 531. The zero-order valence-electron chi connectivity index (χ0n) is 17.4. The molecule has 2 unspecified atom stereocenters. The van der Waals surface area contributed by atoms with Crippen LogP contribution >= 0.6 is 0 Å². The fraction of sp³-hybridized carbons (Fsp3) is 0.773. The second kappa shape index (κ2) is 9.59. The Labute approximate surface area is 160 Å². The van der Waals surface area contributed by atoms with Gasteiger partial charge in [-0.2, -0.15) is 0 Å². The Balaban J connectivity index is 1.81. The number of rotatable bonds is 6. The molecule has 2 aliphatic rings. The van der Waals surface area contributed by atoms with Gasteiger partial charge in [-0.05, 0) is 84.8 Å². The van der Waals surface area contributed by atoms with E-state index in [1.807, 2.05) is 25.7 Å². The third kappa shape index (κ3) is 6.15. The molecule has 1 saturated heterocycles. The highest BCUT2D eigenvalue weighted by molar-refractivity contribution is 5.68. The fourth-order valence-electron chi connectivity index (χ4n) is 4.13. The van der Waals surface area contributed by atoms with Gasteiger partial charge in [-0.25, -0.2) is 4.79 Å². The highest BCUT2D eigenvalue weighted by Gasteiger charge is 2.30. The number of amides is 1. The van der Waals surface area contributed by atoms with Crippen molar-refractivity contribution in [1.29, 1.82) is 0 Å². The molecule has 1 aliphatic carbocycles. The highest BCUT2D eigenvalue weighted by Crippen LogP contribution is 2.30. The lowest BCUT2D eigenvalue weighted by Crippen LogP contribution is -2.47. The number of nitrogens with zero attached hydrogens (tertiary/aromatic N) is 1. The molecule has 0 aromatic carbocycles. The maximum atomic E-state index is 12.5. The Morgan fingerprint density at radius 1 is 1.31 bits per heavy atom. The summed E-state index contributed by atoms with van der Waals surface area (Å²) < 4.78 is 5.61. The lowest BCUT2D eigenvalue weighted by atomic mass is 9.99. The van der Waals surface area contributed by atoms with Crippen LogP contribution in [0.15, 0.2) is 23.3 Å². The first-order chi connectivity index (χ1) is 12.3. The molecule has 1 heterocycles. The van der Waals surface area contributed by atoms with Crippen LogP contribution < -0.4 is 5.32 Å². The van der Waals surface area contributed by atoms with Gasteiger partial charge in [-0.1, -0.05) is 24.6 Å². The smallest absolute Gasteiger partial charge is 0.410 e. The summed E-state index contributed by atoms with van der Waals surface area (Å²) in [6.07, 6.45) is 12.1. The molecule has 1 N–H and O–H groups in total. The van der Waals surface area contributed by atoms with E-state index in [2.05, 4.69) is 31.3 Å². The fourth-order valence-corrected chi connectivity index (χ4v) is 4.13. The minimum absolute atomic E-state index is 0.145. The zero-order valence-corrected chi connectivity index (χ0v) is 17.4. The lowest BCUT2D eigenvalue weighted by Gasteiger charge is -2.37. The van der Waals surface area contributed by atoms with Crippen molar-refractivity contribution in [2.75, 3.05) is 13.1 Å². The van der Waals surface area contributed by atoms with Crippen LogP contribution in [-0.4, -0.2) is 41.8 Å². The number of likely N-dealkylation sites (tertiary alicyclic amines) is 1. The van der Waals surface area contributed by atoms with Gasteiger partial charge in [0.1, 0.15) is 5.60 Å². The number of piperidine rings is 1. The van der Waals surface area contributed by atoms with Crippen molar-refractivity contribution in [2.45, 2.75) is 97.2 Å². The number of carbonyl (C=O) groups excluding carboxylic acids is 1. The van der Waals surface area contributed by atoms with E-state index in [4.69, 9.17) is 4.74 Å². The predicted molar refractivity (Wildman–Crippen MR) is 108 cm³/mol. The second-order valence-corrected chi connectivity index (χ2v) is 8.65. The van der Waals surface area contributed by atoms with Crippen molar-refractivity contribution in [2.24, 2.45) is 0 Å². The van der Waals surface area contributed by atoms with E-state index >= 15 is 0 Å². The van der Waals surface area contributed by atoms with Crippen molar-refractivity contribution in [3.63, 3.8) is 0 Å². The zero-order chi connectivity index (χ0) is 19.2. The third-order valence-corrected chi connectivity index (χ3v) is 5.37. The first kappa shape index (κ1) is 21.0. The molecule has 148 valence electrons. The monoisotopic (exact) mass is 362 g/mol. The summed E-state index contributed by atoms with van der Waals surface area (Å²) in [5, 5.41) is 3.73. The van der Waals surface area contributed by atoms with Gasteiger partial charge in [0.25, 0.3) is 0 Å². The van der Waals surface area contributed by atoms with Gasteiger partial charge in [-0.15, -0.1) is 0 Å². The molecule has 0 spiro atoms. The van der Waals surface area contributed by atoms with Crippen LogP contribution in [0.25, 0.3) is 0 Å². The molecule has 0 radical (unpaired) electrons. The van der Waals surface area contributed by atoms with E-state index in [1.54, 1.807) is 5.57 Å². The summed E-state index contributed by atoms with van der Waals surface area (Å²) in [5.41, 5.74) is 2.68. The summed E-state index contributed by atoms with van der Waals surface area (Å²) in [6.45, 7) is 12.0. The van der Waals surface area contributed by atoms with Crippen molar-refractivity contribution in [3.05, 3.63) is 23.3 Å². The van der Waals surface area contributed by atoms with Crippen LogP contribution in [0, 0.1) is 0 Å². The molecule has 0 saturated carbocycles. The van der Waals surface area contributed by atoms with Gasteiger partial charge in [0, 0.05) is 18.6 Å². The first-order valence-corrected chi connectivity index (χ1v) is 10.4. The van der Waals surface area contributed by atoms with Crippen LogP contribution in [0.3, 0.4) is 0 Å². The van der Waals surface area contributed by atoms with Gasteiger partial charge in [0.2, 0.25) is 0 Å². The topological polar surface area (TPSA) is 41.6 Å². The third-order valence-electron chi connectivity index (χ3n) is 5.37. The van der Waals surface area contributed by atoms with Crippen LogP contribution in [0.1, 0.15) is 79.6 Å². The Kier molecular flexibility index (Phi) is 7.75. The summed E-state index contributed by atoms with van der Waals surface area (Å²) >= 11 is 0. The largest absolute Gasteiger partial charge is 0.444 e. The molecular formula is C22H38N2O2. The minimum atomic E-state index is -0.424. The summed E-state index contributed by atoms with van der Waals surface area (Å²) in [7, 11) is 0. The number of allylic oxidation sites excluding steroid dienone is 2. The van der Waals surface area contributed by atoms with Crippen molar-refractivity contribution in [1.82, 2.24) is 10.2 Å². The van der Waals surface area contributed by atoms with Crippen molar-refractivity contribution >= 4 is 6.09 Å². The molecule has 4 nitrogen and oxygen atoms in total. The highest BCUT2D eigenvalue weighted by atomic mass is 16.6. The number of ether oxygens (including phenoxy) is 1. The summed E-state index contributed by atoms with van der Waals surface area (Å²) in [4.78, 5) is 14.5. The maximum Gasteiger partial charge on any atom is 0.410 e. The van der Waals surface area contributed by atoms with E-state index < -0.39 is 5.60 Å². The molecule has 0 aromatic heterocycles. The average molecular weight is 363 g/mol. The van der Waals surface area contributed by atoms with Crippen molar-refractivity contribution in [3.8, 4) is 0 Å². The quantitative estimate of drug-likeness (QED) is 0.706. The molecule has 1 aliphatic heterocycles. The molecule has 0 aromatic rings. The van der Waals surface area contributed by atoms with Crippen LogP contribution in [0.5, 0.6) is 0 Å². The van der Waals surface area contributed by atoms with Gasteiger partial charge >= 0.3 is 6.09 Å². The predicted octanol–water partition coefficient (Wildman–Crippen LogP) is 5.20. The Hall–Kier alpha value is -1.29. The SMILES string of the molecule is C/C=C\C1=C(CC)CC(NCCC2CCCCN2C(=O)OC(C)(C)C)C1. The molecule has 2 rings (SSSR count). The standard InChI is InChI=1S/C22H38N2O2/c1-6-10-18-16-19(15-17(18)7-2)23-13-12-20-11-8-9-14-24(20)21(25)26-22(3,4)5/h6,10,19-20,23H,7-9,11-16H2,1-5H3/b10-6-. The Morgan fingerprint density at radius 2 is 2.08 bits per heavy atom. The molecule has 1 amide bonds. The van der Waals surface area contributed by atoms with Crippen molar-refractivity contribution < 1.29 is 9.53 Å². The Morgan fingerprint density at radius 3 is 2.73 bits per heavy atom. The van der Waals surface area contributed by atoms with Gasteiger partial charge in [0.15, 0.2) is 0 Å². The number of nitrogens with one attached hydrogen (secondary N) is 1. The summed E-state index contributed by atoms with van der Waals surface area (Å²) in [6, 6.07) is 0.857. The molecule has 4 heteroatoms. The maximum absolute atomic E-state index is 12.5. The van der Waals surface area contributed by atoms with Crippen LogP contribution in [-0.2, 0) is 4.74 Å². The summed E-state index contributed by atoms with van der Waals surface area (Å²) in [5.74, 6) is 0. The molecule has 26 heavy (non-hydrogen) atoms. The van der Waals surface area contributed by atoms with E-state index in [1.165, 1.54) is 12.0 Å². The molecule has 0 bridgehead atoms. The average Bonchev–Trinajstić information content (AvgIpc) is 2.96. The van der Waals surface area contributed by atoms with Gasteiger partial charge in [0.05, 0.1) is 0 Å². The number of hydrogen-bond donors (Lipinski definition) is 1. The number of carbonyl (C=O) groups is 1. The normalized spacial score (nSPS) is 24.6. The number of hydrogen-bond acceptors (Lipinski definition) is 3. The molecular weight excluding hydrogens is 324 g/mol. The van der Waals surface area contributed by atoms with E-state index in [0.29, 0.717) is 12.1 Å². The van der Waals surface area contributed by atoms with Gasteiger partial charge in [-0.3, -0.25) is 0 Å². The van der Waals surface area contributed by atoms with E-state index in [0.717, 1.165) is 51.6 Å². The molecule has 2 atom stereocenters. The van der Waals surface area contributed by atoms with E-state index in [9.17, 15) is 4.79 Å². The van der Waals surface area contributed by atoms with Crippen LogP contribution in [0.4, 0.5) is 4.79 Å².